The fraction of sp³-hybridized carbons (Fsp3) is 0.591. The summed E-state index contributed by atoms with van der Waals surface area (Å²) in [6, 6.07) is 11.8. The molecule has 2 fully saturated rings. The van der Waals surface area contributed by atoms with Crippen molar-refractivity contribution >= 4 is 12.0 Å². The monoisotopic (exact) mass is 371 g/mol. The third-order valence-electron chi connectivity index (χ3n) is 5.67. The van der Waals surface area contributed by atoms with Crippen molar-refractivity contribution in [1.82, 2.24) is 15.5 Å². The van der Waals surface area contributed by atoms with Gasteiger partial charge in [0.15, 0.2) is 0 Å². The van der Waals surface area contributed by atoms with Gasteiger partial charge in [0, 0.05) is 31.7 Å². The summed E-state index contributed by atoms with van der Waals surface area (Å²) in [5, 5.41) is 15.3. The van der Waals surface area contributed by atoms with Crippen LogP contribution in [0, 0.1) is 5.92 Å². The Hall–Kier alpha value is -1.69. The highest BCUT2D eigenvalue weighted by Gasteiger charge is 2.40. The summed E-state index contributed by atoms with van der Waals surface area (Å²) in [6.45, 7) is 4.96. The van der Waals surface area contributed by atoms with E-state index in [1.165, 1.54) is 12.0 Å². The molecule has 1 aromatic rings. The van der Waals surface area contributed by atoms with Crippen molar-refractivity contribution in [2.24, 2.45) is 5.92 Å². The molecule has 3 N–H and O–H groups in total. The Kier molecular flexibility index (Phi) is 7.44. The zero-order valence-corrected chi connectivity index (χ0v) is 16.4. The van der Waals surface area contributed by atoms with E-state index < -0.39 is 0 Å². The van der Waals surface area contributed by atoms with E-state index in [1.807, 2.05) is 0 Å². The summed E-state index contributed by atoms with van der Waals surface area (Å²) in [6.07, 6.45) is 6.91. The summed E-state index contributed by atoms with van der Waals surface area (Å²) < 4.78 is 0. The van der Waals surface area contributed by atoms with Gasteiger partial charge in [-0.25, -0.2) is 0 Å². The lowest BCUT2D eigenvalue weighted by Crippen LogP contribution is -2.47. The first-order valence-electron chi connectivity index (χ1n) is 10.3. The predicted molar refractivity (Wildman–Crippen MR) is 109 cm³/mol. The number of rotatable bonds is 9. The number of aliphatic hydroxyl groups is 1. The molecule has 1 amide bonds. The van der Waals surface area contributed by atoms with Crippen LogP contribution < -0.4 is 10.6 Å². The molecule has 1 heterocycles. The summed E-state index contributed by atoms with van der Waals surface area (Å²) in [7, 11) is 0. The molecule has 2 aliphatic rings. The van der Waals surface area contributed by atoms with Crippen LogP contribution in [0.1, 0.15) is 38.2 Å². The van der Waals surface area contributed by atoms with Gasteiger partial charge >= 0.3 is 0 Å². The second-order valence-corrected chi connectivity index (χ2v) is 7.72. The van der Waals surface area contributed by atoms with Gasteiger partial charge in [0.2, 0.25) is 5.91 Å². The molecule has 1 aliphatic carbocycles. The normalized spacial score (nSPS) is 24.0. The lowest BCUT2D eigenvalue weighted by Gasteiger charge is -2.32. The third-order valence-corrected chi connectivity index (χ3v) is 5.67. The second-order valence-electron chi connectivity index (χ2n) is 7.72. The maximum absolute atomic E-state index is 11.8. The fourth-order valence-corrected chi connectivity index (χ4v) is 4.04. The molecule has 5 heteroatoms. The van der Waals surface area contributed by atoms with E-state index in [0.29, 0.717) is 31.1 Å². The van der Waals surface area contributed by atoms with Gasteiger partial charge in [0.1, 0.15) is 0 Å². The van der Waals surface area contributed by atoms with Gasteiger partial charge < -0.3 is 15.7 Å². The minimum absolute atomic E-state index is 0.00123. The standard InChI is InChI=1S/C22H33N3O2/c1-2-18(14-17-6-4-3-5-7-17)20-15-21(20)24-19-8-11-25(12-9-19)16-22(27)23-10-13-26/h3-7,14,19-21,24,26H,2,8-13,15-16H2,1H3,(H,23,27)/b18-14+/t20-,21+/m1/s1. The molecular weight excluding hydrogens is 338 g/mol. The van der Waals surface area contributed by atoms with Crippen molar-refractivity contribution in [3.63, 3.8) is 0 Å². The number of carbonyl (C=O) groups excluding carboxylic acids is 1. The molecule has 2 atom stereocenters. The summed E-state index contributed by atoms with van der Waals surface area (Å²) in [4.78, 5) is 14.0. The minimum Gasteiger partial charge on any atom is -0.395 e. The molecular formula is C22H33N3O2. The van der Waals surface area contributed by atoms with Crippen LogP contribution >= 0.6 is 0 Å². The summed E-state index contributed by atoms with van der Waals surface area (Å²) >= 11 is 0. The Morgan fingerprint density at radius 3 is 2.67 bits per heavy atom. The van der Waals surface area contributed by atoms with Crippen molar-refractivity contribution in [3.8, 4) is 0 Å². The molecule has 0 spiro atoms. The maximum atomic E-state index is 11.8. The number of benzene rings is 1. The maximum Gasteiger partial charge on any atom is 0.234 e. The van der Waals surface area contributed by atoms with Crippen LogP contribution in [-0.4, -0.2) is 60.8 Å². The minimum atomic E-state index is -0.00123. The molecule has 0 radical (unpaired) electrons. The van der Waals surface area contributed by atoms with Gasteiger partial charge in [-0.2, -0.15) is 0 Å². The van der Waals surface area contributed by atoms with E-state index >= 15 is 0 Å². The highest BCUT2D eigenvalue weighted by Crippen LogP contribution is 2.40. The molecule has 27 heavy (non-hydrogen) atoms. The smallest absolute Gasteiger partial charge is 0.234 e. The van der Waals surface area contributed by atoms with Crippen LogP contribution in [0.5, 0.6) is 0 Å². The average Bonchev–Trinajstić information content (AvgIpc) is 3.45. The second kappa shape index (κ2) is 10.0. The van der Waals surface area contributed by atoms with E-state index in [-0.39, 0.29) is 12.5 Å². The average molecular weight is 372 g/mol. The zero-order chi connectivity index (χ0) is 19.1. The first-order valence-corrected chi connectivity index (χ1v) is 10.3. The van der Waals surface area contributed by atoms with Crippen molar-refractivity contribution in [2.75, 3.05) is 32.8 Å². The Morgan fingerprint density at radius 1 is 1.26 bits per heavy atom. The van der Waals surface area contributed by atoms with Crippen molar-refractivity contribution in [2.45, 2.75) is 44.7 Å². The van der Waals surface area contributed by atoms with Gasteiger partial charge in [0.05, 0.1) is 13.2 Å². The molecule has 1 saturated heterocycles. The van der Waals surface area contributed by atoms with Crippen LogP contribution in [0.15, 0.2) is 35.9 Å². The molecule has 1 aliphatic heterocycles. The number of piperidine rings is 1. The molecule has 1 aromatic carbocycles. The molecule has 148 valence electrons. The number of aliphatic hydroxyl groups excluding tert-OH is 1. The highest BCUT2D eigenvalue weighted by molar-refractivity contribution is 5.78. The number of amides is 1. The Bertz CT molecular complexity index is 624. The van der Waals surface area contributed by atoms with Crippen molar-refractivity contribution in [1.29, 1.82) is 0 Å². The van der Waals surface area contributed by atoms with Gasteiger partial charge in [-0.05, 0) is 37.2 Å². The van der Waals surface area contributed by atoms with Crippen molar-refractivity contribution in [3.05, 3.63) is 41.5 Å². The van der Waals surface area contributed by atoms with Crippen LogP contribution in [0.4, 0.5) is 0 Å². The first-order chi connectivity index (χ1) is 13.2. The molecule has 0 aromatic heterocycles. The number of nitrogens with zero attached hydrogens (tertiary/aromatic N) is 1. The predicted octanol–water partition coefficient (Wildman–Crippen LogP) is 2.03. The number of carbonyl (C=O) groups is 1. The number of hydrogen-bond donors (Lipinski definition) is 3. The van der Waals surface area contributed by atoms with Crippen LogP contribution in [-0.2, 0) is 4.79 Å². The van der Waals surface area contributed by atoms with Gasteiger partial charge in [-0.1, -0.05) is 48.9 Å². The molecule has 1 saturated carbocycles. The van der Waals surface area contributed by atoms with E-state index in [2.05, 4.69) is 58.9 Å². The van der Waals surface area contributed by atoms with Crippen molar-refractivity contribution < 1.29 is 9.90 Å². The number of hydrogen-bond acceptors (Lipinski definition) is 4. The molecule has 0 bridgehead atoms. The van der Waals surface area contributed by atoms with E-state index in [4.69, 9.17) is 5.11 Å². The van der Waals surface area contributed by atoms with Crippen LogP contribution in [0.25, 0.3) is 6.08 Å². The SMILES string of the molecule is CC/C(=C\c1ccccc1)[C@H]1C[C@@H]1NC1CCN(CC(=O)NCCO)CC1. The molecule has 3 rings (SSSR count). The topological polar surface area (TPSA) is 64.6 Å². The van der Waals surface area contributed by atoms with E-state index in [9.17, 15) is 4.79 Å². The lowest BCUT2D eigenvalue weighted by atomic mass is 10.0. The van der Waals surface area contributed by atoms with Crippen LogP contribution in [0.3, 0.4) is 0 Å². The van der Waals surface area contributed by atoms with Gasteiger partial charge in [-0.3, -0.25) is 9.69 Å². The summed E-state index contributed by atoms with van der Waals surface area (Å²) in [5.41, 5.74) is 2.85. The highest BCUT2D eigenvalue weighted by atomic mass is 16.3. The number of likely N-dealkylation sites (tertiary alicyclic amines) is 1. The quantitative estimate of drug-likeness (QED) is 0.622. The van der Waals surface area contributed by atoms with Crippen LogP contribution in [0.2, 0.25) is 0 Å². The Labute approximate surface area is 162 Å². The zero-order valence-electron chi connectivity index (χ0n) is 16.4. The van der Waals surface area contributed by atoms with Gasteiger partial charge in [0.25, 0.3) is 0 Å². The van der Waals surface area contributed by atoms with Gasteiger partial charge in [-0.15, -0.1) is 0 Å². The van der Waals surface area contributed by atoms with E-state index in [0.717, 1.165) is 32.4 Å². The molecule has 0 unspecified atom stereocenters. The fourth-order valence-electron chi connectivity index (χ4n) is 4.04. The van der Waals surface area contributed by atoms with E-state index in [1.54, 1.807) is 5.57 Å². The first kappa shape index (κ1) is 20.1. The Morgan fingerprint density at radius 2 is 2.00 bits per heavy atom. The third kappa shape index (κ3) is 6.16. The number of nitrogens with one attached hydrogen (secondary N) is 2. The Balaban J connectivity index is 1.40. The summed E-state index contributed by atoms with van der Waals surface area (Å²) in [5.74, 6) is 0.689. The lowest BCUT2D eigenvalue weighted by molar-refractivity contribution is -0.122. The molecule has 5 nitrogen and oxygen atoms in total. The largest absolute Gasteiger partial charge is 0.395 e.